The summed E-state index contributed by atoms with van der Waals surface area (Å²) in [4.78, 5) is 2.55. The molecule has 120 valence electrons. The molecule has 0 saturated carbocycles. The summed E-state index contributed by atoms with van der Waals surface area (Å²) in [6, 6.07) is 12.1. The number of rotatable bonds is 11. The van der Waals surface area contributed by atoms with Gasteiger partial charge < -0.3 is 5.32 Å². The second-order valence-electron chi connectivity index (χ2n) is 5.80. The molecule has 2 nitrogen and oxygen atoms in total. The Morgan fingerprint density at radius 1 is 1.00 bits per heavy atom. The van der Waals surface area contributed by atoms with Gasteiger partial charge in [0.25, 0.3) is 0 Å². The Labute approximate surface area is 131 Å². The maximum Gasteiger partial charge on any atom is 0.0472 e. The summed E-state index contributed by atoms with van der Waals surface area (Å²) in [7, 11) is 0. The monoisotopic (exact) mass is 290 g/mol. The van der Waals surface area contributed by atoms with Gasteiger partial charge in [-0.3, -0.25) is 4.90 Å². The largest absolute Gasteiger partial charge is 0.312 e. The molecule has 1 rings (SSSR count). The van der Waals surface area contributed by atoms with Crippen LogP contribution < -0.4 is 5.32 Å². The maximum atomic E-state index is 3.81. The zero-order valence-electron chi connectivity index (χ0n) is 14.4. The van der Waals surface area contributed by atoms with Gasteiger partial charge in [-0.05, 0) is 31.5 Å². The SMILES string of the molecule is CCCCC(CC)NCC(c1ccccc1)N(CC)CC. The van der Waals surface area contributed by atoms with Gasteiger partial charge in [-0.25, -0.2) is 0 Å². The Balaban J connectivity index is 2.69. The number of unbranched alkanes of at least 4 members (excludes halogenated alkanes) is 1. The van der Waals surface area contributed by atoms with Crippen LogP contribution in [0.4, 0.5) is 0 Å². The summed E-state index contributed by atoms with van der Waals surface area (Å²) < 4.78 is 0. The molecular formula is C19H34N2. The van der Waals surface area contributed by atoms with E-state index in [1.165, 1.54) is 31.2 Å². The van der Waals surface area contributed by atoms with Crippen LogP contribution in [0.3, 0.4) is 0 Å². The second-order valence-corrected chi connectivity index (χ2v) is 5.80. The summed E-state index contributed by atoms with van der Waals surface area (Å²) in [5, 5.41) is 3.81. The molecular weight excluding hydrogens is 256 g/mol. The van der Waals surface area contributed by atoms with Crippen molar-refractivity contribution in [3.05, 3.63) is 35.9 Å². The van der Waals surface area contributed by atoms with Gasteiger partial charge in [-0.1, -0.05) is 70.9 Å². The molecule has 0 spiro atoms. The predicted octanol–water partition coefficient (Wildman–Crippen LogP) is 4.63. The van der Waals surface area contributed by atoms with Gasteiger partial charge in [0.2, 0.25) is 0 Å². The number of benzene rings is 1. The molecule has 0 aromatic heterocycles. The normalized spacial score (nSPS) is 14.3. The number of nitrogens with one attached hydrogen (secondary N) is 1. The van der Waals surface area contributed by atoms with Crippen molar-refractivity contribution in [1.82, 2.24) is 10.2 Å². The summed E-state index contributed by atoms with van der Waals surface area (Å²) in [5.74, 6) is 0. The van der Waals surface area contributed by atoms with Crippen molar-refractivity contribution >= 4 is 0 Å². The number of nitrogens with zero attached hydrogens (tertiary/aromatic N) is 1. The van der Waals surface area contributed by atoms with E-state index in [1.54, 1.807) is 0 Å². The van der Waals surface area contributed by atoms with E-state index in [4.69, 9.17) is 0 Å². The van der Waals surface area contributed by atoms with Gasteiger partial charge in [0.1, 0.15) is 0 Å². The Kier molecular flexibility index (Phi) is 9.36. The number of likely N-dealkylation sites (N-methyl/N-ethyl adjacent to an activating group) is 1. The molecule has 0 amide bonds. The summed E-state index contributed by atoms with van der Waals surface area (Å²) in [5.41, 5.74) is 1.43. The second kappa shape index (κ2) is 10.8. The highest BCUT2D eigenvalue weighted by Gasteiger charge is 2.18. The van der Waals surface area contributed by atoms with Crippen LogP contribution in [-0.2, 0) is 0 Å². The van der Waals surface area contributed by atoms with Crippen LogP contribution >= 0.6 is 0 Å². The minimum Gasteiger partial charge on any atom is -0.312 e. The van der Waals surface area contributed by atoms with E-state index in [-0.39, 0.29) is 0 Å². The summed E-state index contributed by atoms with van der Waals surface area (Å²) >= 11 is 0. The molecule has 2 heteroatoms. The van der Waals surface area contributed by atoms with Crippen molar-refractivity contribution in [2.24, 2.45) is 0 Å². The molecule has 0 heterocycles. The molecule has 2 unspecified atom stereocenters. The van der Waals surface area contributed by atoms with Crippen molar-refractivity contribution < 1.29 is 0 Å². The topological polar surface area (TPSA) is 15.3 Å². The van der Waals surface area contributed by atoms with E-state index < -0.39 is 0 Å². The number of hydrogen-bond donors (Lipinski definition) is 1. The summed E-state index contributed by atoms with van der Waals surface area (Å²) in [6.07, 6.45) is 5.13. The van der Waals surface area contributed by atoms with Crippen molar-refractivity contribution in [3.8, 4) is 0 Å². The Morgan fingerprint density at radius 3 is 2.19 bits per heavy atom. The fraction of sp³-hybridized carbons (Fsp3) is 0.684. The minimum atomic E-state index is 0.483. The Hall–Kier alpha value is -0.860. The van der Waals surface area contributed by atoms with Gasteiger partial charge in [0.05, 0.1) is 0 Å². The third-order valence-corrected chi connectivity index (χ3v) is 4.44. The van der Waals surface area contributed by atoms with E-state index in [2.05, 4.69) is 68.2 Å². The third-order valence-electron chi connectivity index (χ3n) is 4.44. The zero-order valence-corrected chi connectivity index (χ0v) is 14.4. The van der Waals surface area contributed by atoms with E-state index in [9.17, 15) is 0 Å². The molecule has 2 atom stereocenters. The van der Waals surface area contributed by atoms with E-state index in [0.29, 0.717) is 12.1 Å². The van der Waals surface area contributed by atoms with Crippen LogP contribution in [-0.4, -0.2) is 30.6 Å². The van der Waals surface area contributed by atoms with E-state index in [0.717, 1.165) is 19.6 Å². The van der Waals surface area contributed by atoms with Gasteiger partial charge >= 0.3 is 0 Å². The first-order chi connectivity index (χ1) is 10.3. The van der Waals surface area contributed by atoms with Crippen molar-refractivity contribution in [3.63, 3.8) is 0 Å². The average Bonchev–Trinajstić information content (AvgIpc) is 2.54. The molecule has 1 N–H and O–H groups in total. The lowest BCUT2D eigenvalue weighted by atomic mass is 10.0. The Bertz CT molecular complexity index is 346. The van der Waals surface area contributed by atoms with Crippen molar-refractivity contribution in [1.29, 1.82) is 0 Å². The Morgan fingerprint density at radius 2 is 1.67 bits per heavy atom. The zero-order chi connectivity index (χ0) is 15.5. The fourth-order valence-electron chi connectivity index (χ4n) is 2.98. The maximum absolute atomic E-state index is 3.81. The van der Waals surface area contributed by atoms with Crippen molar-refractivity contribution in [2.45, 2.75) is 65.5 Å². The smallest absolute Gasteiger partial charge is 0.0472 e. The fourth-order valence-corrected chi connectivity index (χ4v) is 2.98. The third kappa shape index (κ3) is 6.19. The first-order valence-electron chi connectivity index (χ1n) is 8.79. The highest BCUT2D eigenvalue weighted by Crippen LogP contribution is 2.20. The molecule has 0 bridgehead atoms. The van der Waals surface area contributed by atoms with Crippen LogP contribution in [0.1, 0.15) is 65.0 Å². The van der Waals surface area contributed by atoms with Crippen LogP contribution in [0.15, 0.2) is 30.3 Å². The van der Waals surface area contributed by atoms with Crippen LogP contribution in [0, 0.1) is 0 Å². The molecule has 1 aromatic carbocycles. The van der Waals surface area contributed by atoms with E-state index in [1.807, 2.05) is 0 Å². The molecule has 1 aromatic rings. The minimum absolute atomic E-state index is 0.483. The lowest BCUT2D eigenvalue weighted by Gasteiger charge is -2.32. The van der Waals surface area contributed by atoms with E-state index >= 15 is 0 Å². The lowest BCUT2D eigenvalue weighted by molar-refractivity contribution is 0.206. The lowest BCUT2D eigenvalue weighted by Crippen LogP contribution is -2.39. The first-order valence-corrected chi connectivity index (χ1v) is 8.79. The average molecular weight is 290 g/mol. The molecule has 0 aliphatic carbocycles. The van der Waals surface area contributed by atoms with Crippen molar-refractivity contribution in [2.75, 3.05) is 19.6 Å². The van der Waals surface area contributed by atoms with Crippen LogP contribution in [0.5, 0.6) is 0 Å². The molecule has 0 radical (unpaired) electrons. The van der Waals surface area contributed by atoms with Gasteiger partial charge in [0, 0.05) is 18.6 Å². The number of hydrogen-bond acceptors (Lipinski definition) is 2. The molecule has 0 fully saturated rings. The predicted molar refractivity (Wildman–Crippen MR) is 93.7 cm³/mol. The first kappa shape index (κ1) is 18.2. The highest BCUT2D eigenvalue weighted by atomic mass is 15.2. The van der Waals surface area contributed by atoms with Crippen LogP contribution in [0.25, 0.3) is 0 Å². The van der Waals surface area contributed by atoms with Gasteiger partial charge in [0.15, 0.2) is 0 Å². The molecule has 0 aliphatic rings. The van der Waals surface area contributed by atoms with Gasteiger partial charge in [-0.2, -0.15) is 0 Å². The summed E-state index contributed by atoms with van der Waals surface area (Å²) in [6.45, 7) is 12.3. The molecule has 0 saturated heterocycles. The quantitative estimate of drug-likeness (QED) is 0.639. The van der Waals surface area contributed by atoms with Gasteiger partial charge in [-0.15, -0.1) is 0 Å². The standard InChI is InChI=1S/C19H34N2/c1-5-9-15-18(6-2)20-16-19(21(7-3)8-4)17-13-11-10-12-14-17/h10-14,18-20H,5-9,15-16H2,1-4H3. The molecule has 21 heavy (non-hydrogen) atoms. The molecule has 0 aliphatic heterocycles. The highest BCUT2D eigenvalue weighted by molar-refractivity contribution is 5.19. The van der Waals surface area contributed by atoms with Crippen LogP contribution in [0.2, 0.25) is 0 Å².